The van der Waals surface area contributed by atoms with E-state index in [0.717, 1.165) is 0 Å². The van der Waals surface area contributed by atoms with E-state index in [2.05, 4.69) is 0 Å². The van der Waals surface area contributed by atoms with Gasteiger partial charge in [0.05, 0.1) is 20.5 Å². The van der Waals surface area contributed by atoms with E-state index in [1.54, 1.807) is 5.73 Å². The molecule has 1 aliphatic carbocycles. The largest absolute Gasteiger partial charge is 1.00 e. The van der Waals surface area contributed by atoms with Crippen LogP contribution in [0.1, 0.15) is 0 Å². The minimum absolute atomic E-state index is 0. The summed E-state index contributed by atoms with van der Waals surface area (Å²) in [5, 5.41) is 30.9. The van der Waals surface area contributed by atoms with Gasteiger partial charge in [0, 0.05) is 0 Å². The second-order valence-corrected chi connectivity index (χ2v) is 2.49. The van der Waals surface area contributed by atoms with Gasteiger partial charge in [-0.1, -0.05) is 0 Å². The Hall–Kier alpha value is -1.97. The maximum Gasteiger partial charge on any atom is 1.00 e. The van der Waals surface area contributed by atoms with E-state index in [9.17, 15) is 35.1 Å². The van der Waals surface area contributed by atoms with Crippen LogP contribution in [0.2, 0.25) is 0 Å². The molecule has 0 bridgehead atoms. The summed E-state index contributed by atoms with van der Waals surface area (Å²) >= 11 is 0. The maximum atomic E-state index is 11.1. The molecule has 0 heterocycles. The van der Waals surface area contributed by atoms with Crippen LogP contribution in [0, 0.1) is 30.3 Å². The van der Waals surface area contributed by atoms with Crippen LogP contribution in [0.5, 0.6) is 0 Å². The Kier molecular flexibility index (Phi) is 6.83. The Bertz CT molecular complexity index is 529. The van der Waals surface area contributed by atoms with E-state index >= 15 is 0 Å². The van der Waals surface area contributed by atoms with Crippen molar-refractivity contribution >= 4 is 5.78 Å². The van der Waals surface area contributed by atoms with Gasteiger partial charge in [0.2, 0.25) is 0 Å². The van der Waals surface area contributed by atoms with Gasteiger partial charge in [0.25, 0.3) is 0 Å². The van der Waals surface area contributed by atoms with Crippen LogP contribution < -0.4 is 0 Å². The van der Waals surface area contributed by atoms with Gasteiger partial charge in [-0.15, -0.1) is 0 Å². The van der Waals surface area contributed by atoms with Crippen molar-refractivity contribution in [3.63, 3.8) is 0 Å². The molecule has 1 N–H and O–H groups in total. The van der Waals surface area contributed by atoms with Crippen molar-refractivity contribution in [2.45, 2.75) is 0 Å². The van der Waals surface area contributed by atoms with E-state index in [0.29, 0.717) is 6.08 Å². The fourth-order valence-electron chi connectivity index (χ4n) is 0.893. The molecule has 0 amide bonds. The second kappa shape index (κ2) is 6.69. The Balaban J connectivity index is 0. The molecular formula is C6H2HgN3O8. The molecule has 0 saturated heterocycles. The van der Waals surface area contributed by atoms with E-state index in [1.165, 1.54) is 0 Å². The summed E-state index contributed by atoms with van der Waals surface area (Å²) < 4.78 is 0. The number of Topliss-reactive ketones (excluding diaryl/α,β-unsaturated/α-hetero) is 1. The molecule has 0 aromatic rings. The van der Waals surface area contributed by atoms with Gasteiger partial charge >= 0.3 is 50.5 Å². The van der Waals surface area contributed by atoms with E-state index < -0.39 is 37.6 Å². The fourth-order valence-corrected chi connectivity index (χ4v) is 0.893. The predicted octanol–water partition coefficient (Wildman–Crippen LogP) is -0.530. The third-order valence-corrected chi connectivity index (χ3v) is 1.54. The maximum absolute atomic E-state index is 11.1. The summed E-state index contributed by atoms with van der Waals surface area (Å²) in [7, 11) is 0. The number of hydrogen-bond donors (Lipinski definition) is 0. The quantitative estimate of drug-likeness (QED) is 0.241. The predicted molar refractivity (Wildman–Crippen MR) is 46.5 cm³/mol. The number of carbonyl (C=O) groups excluding carboxylic acids is 1. The summed E-state index contributed by atoms with van der Waals surface area (Å²) in [5.74, 6) is -1.51. The number of carbonyl (C=O) groups is 1. The molecule has 0 saturated carbocycles. The smallest absolute Gasteiger partial charge is 0.870 e. The SMILES string of the molecule is O=C1C([N+](=O)[O-])=C=C([N+](=O)[O-])C=C1[N+](=O)[O-].[Hg+].[OH-]. The summed E-state index contributed by atoms with van der Waals surface area (Å²) in [6.07, 6.45) is 0.329. The van der Waals surface area contributed by atoms with E-state index in [-0.39, 0.29) is 33.1 Å². The van der Waals surface area contributed by atoms with Gasteiger partial charge in [0.15, 0.2) is 0 Å². The number of nitrogens with zero attached hydrogens (tertiary/aromatic N) is 3. The molecule has 0 fully saturated rings. The van der Waals surface area contributed by atoms with E-state index in [4.69, 9.17) is 0 Å². The van der Waals surface area contributed by atoms with Gasteiger partial charge < -0.3 is 5.48 Å². The van der Waals surface area contributed by atoms with Crippen LogP contribution in [0.25, 0.3) is 0 Å². The Morgan fingerprint density at radius 2 is 1.50 bits per heavy atom. The van der Waals surface area contributed by atoms with Crippen LogP contribution >= 0.6 is 0 Å². The van der Waals surface area contributed by atoms with Crippen molar-refractivity contribution in [3.8, 4) is 0 Å². The molecule has 0 aromatic carbocycles. The zero-order valence-corrected chi connectivity index (χ0v) is 13.9. The minimum atomic E-state index is -1.51. The molecule has 0 atom stereocenters. The first-order chi connectivity index (χ1) is 7.34. The minimum Gasteiger partial charge on any atom is -0.870 e. The monoisotopic (exact) mass is 446 g/mol. The molecule has 91 valence electrons. The van der Waals surface area contributed by atoms with Crippen molar-refractivity contribution in [1.29, 1.82) is 0 Å². The summed E-state index contributed by atoms with van der Waals surface area (Å²) in [6.45, 7) is 0. The number of nitro groups is 3. The molecule has 18 heavy (non-hydrogen) atoms. The third kappa shape index (κ3) is 3.51. The van der Waals surface area contributed by atoms with Crippen molar-refractivity contribution in [1.82, 2.24) is 0 Å². The van der Waals surface area contributed by atoms with Gasteiger partial charge in [-0.05, 0) is 0 Å². The third-order valence-electron chi connectivity index (χ3n) is 1.54. The molecule has 1 rings (SSSR count). The second-order valence-electron chi connectivity index (χ2n) is 2.49. The Morgan fingerprint density at radius 1 is 1.00 bits per heavy atom. The van der Waals surface area contributed by atoms with Crippen LogP contribution in [-0.4, -0.2) is 26.0 Å². The zero-order valence-electron chi connectivity index (χ0n) is 8.43. The average molecular weight is 445 g/mol. The molecule has 1 radical (unpaired) electrons. The summed E-state index contributed by atoms with van der Waals surface area (Å²) in [5.41, 5.74) is -1.95. The van der Waals surface area contributed by atoms with Gasteiger partial charge in [-0.25, -0.2) is 0 Å². The number of rotatable bonds is 3. The first-order valence-corrected chi connectivity index (χ1v) is 3.55. The molecule has 0 aromatic heterocycles. The molecule has 1 aliphatic rings. The molecule has 0 unspecified atom stereocenters. The molecular weight excluding hydrogens is 443 g/mol. The normalized spacial score (nSPS) is 13.1. The van der Waals surface area contributed by atoms with Crippen molar-refractivity contribution in [2.75, 3.05) is 0 Å². The summed E-state index contributed by atoms with van der Waals surface area (Å²) in [6, 6.07) is 0. The Morgan fingerprint density at radius 3 is 1.83 bits per heavy atom. The first kappa shape index (κ1) is 18.4. The topological polar surface area (TPSA) is 176 Å². The van der Waals surface area contributed by atoms with Crippen molar-refractivity contribution in [3.05, 3.63) is 59.2 Å². The number of ketones is 1. The Labute approximate surface area is 118 Å². The number of hydrogen-bond acceptors (Lipinski definition) is 8. The molecule has 0 aliphatic heterocycles. The zero-order chi connectivity index (χ0) is 12.5. The summed E-state index contributed by atoms with van der Waals surface area (Å²) in [4.78, 5) is 38.4. The van der Waals surface area contributed by atoms with Crippen LogP contribution in [0.15, 0.2) is 28.9 Å². The van der Waals surface area contributed by atoms with Crippen molar-refractivity contribution < 1.29 is 52.7 Å². The van der Waals surface area contributed by atoms with Crippen LogP contribution in [0.3, 0.4) is 0 Å². The van der Waals surface area contributed by atoms with Crippen LogP contribution in [-0.2, 0) is 32.5 Å². The van der Waals surface area contributed by atoms with Crippen molar-refractivity contribution in [2.24, 2.45) is 0 Å². The van der Waals surface area contributed by atoms with Gasteiger partial charge in [-0.3, -0.25) is 35.1 Å². The standard InChI is InChI=1S/C6HN3O7.Hg.H2O/c10-6-4(8(13)14)1-3(7(11)12)2-5(6)9(15)16;;/h1H;;1H2/q;+1;/p-1. The van der Waals surface area contributed by atoms with E-state index in [1.807, 2.05) is 0 Å². The van der Waals surface area contributed by atoms with Gasteiger partial charge in [-0.2, -0.15) is 0 Å². The van der Waals surface area contributed by atoms with Gasteiger partial charge in [0.1, 0.15) is 6.08 Å². The molecule has 0 spiro atoms. The first-order valence-electron chi connectivity index (χ1n) is 3.55. The molecule has 12 heteroatoms. The average Bonchev–Trinajstić information content (AvgIpc) is 2.16. The van der Waals surface area contributed by atoms with Crippen LogP contribution in [0.4, 0.5) is 0 Å². The molecule has 11 nitrogen and oxygen atoms in total. The fraction of sp³-hybridized carbons (Fsp3) is 0.